The largest absolute Gasteiger partial charge is 0.309 e. The van der Waals surface area contributed by atoms with Gasteiger partial charge in [0.25, 0.3) is 0 Å². The molecule has 1 aromatic carbocycles. The van der Waals surface area contributed by atoms with Gasteiger partial charge in [0, 0.05) is 12.6 Å². The van der Waals surface area contributed by atoms with Crippen LogP contribution < -0.4 is 10.5 Å². The van der Waals surface area contributed by atoms with Gasteiger partial charge in [-0.25, -0.2) is 13.6 Å². The Hall–Kier alpha value is -0.910. The molecular formula is C14H22N2O2S. The van der Waals surface area contributed by atoms with Gasteiger partial charge in [0.15, 0.2) is 0 Å². The maximum absolute atomic E-state index is 11.2. The summed E-state index contributed by atoms with van der Waals surface area (Å²) < 4.78 is 22.3. The molecule has 3 N–H and O–H groups in total. The quantitative estimate of drug-likeness (QED) is 0.887. The molecule has 0 saturated heterocycles. The number of hydrogen-bond donors (Lipinski definition) is 2. The van der Waals surface area contributed by atoms with Crippen LogP contribution in [-0.2, 0) is 16.6 Å². The highest BCUT2D eigenvalue weighted by atomic mass is 32.2. The zero-order chi connectivity index (χ0) is 14.1. The Morgan fingerprint density at radius 1 is 1.32 bits per heavy atom. The first-order chi connectivity index (χ1) is 8.79. The Labute approximate surface area is 115 Å². The summed E-state index contributed by atoms with van der Waals surface area (Å²) in [5, 5.41) is 8.64. The molecule has 0 spiro atoms. The van der Waals surface area contributed by atoms with E-state index in [4.69, 9.17) is 5.14 Å². The summed E-state index contributed by atoms with van der Waals surface area (Å²) in [6.07, 6.45) is 3.74. The van der Waals surface area contributed by atoms with Crippen molar-refractivity contribution >= 4 is 10.0 Å². The molecule has 106 valence electrons. The van der Waals surface area contributed by atoms with E-state index in [1.165, 1.54) is 19.3 Å². The molecule has 0 heterocycles. The maximum atomic E-state index is 11.2. The highest BCUT2D eigenvalue weighted by Gasteiger charge is 2.33. The smallest absolute Gasteiger partial charge is 0.238 e. The molecule has 1 aliphatic carbocycles. The van der Waals surface area contributed by atoms with Crippen molar-refractivity contribution in [3.8, 4) is 0 Å². The molecule has 1 atom stereocenters. The predicted octanol–water partition coefficient (Wildman–Crippen LogP) is 2.00. The maximum Gasteiger partial charge on any atom is 0.238 e. The van der Waals surface area contributed by atoms with Crippen molar-refractivity contribution in [2.75, 3.05) is 0 Å². The Bertz CT molecular complexity index is 535. The van der Waals surface area contributed by atoms with Gasteiger partial charge in [-0.1, -0.05) is 32.4 Å². The molecule has 1 aromatic rings. The zero-order valence-electron chi connectivity index (χ0n) is 11.5. The summed E-state index contributed by atoms with van der Waals surface area (Å²) in [6.45, 7) is 5.35. The summed E-state index contributed by atoms with van der Waals surface area (Å²) in [5.41, 5.74) is 1.43. The van der Waals surface area contributed by atoms with Crippen molar-refractivity contribution in [3.05, 3.63) is 29.8 Å². The van der Waals surface area contributed by atoms with Crippen LogP contribution in [0.2, 0.25) is 0 Å². The Balaban J connectivity index is 1.97. The molecule has 4 nitrogen and oxygen atoms in total. The van der Waals surface area contributed by atoms with Crippen LogP contribution in [0, 0.1) is 5.41 Å². The van der Waals surface area contributed by atoms with Gasteiger partial charge < -0.3 is 5.32 Å². The summed E-state index contributed by atoms with van der Waals surface area (Å²) in [4.78, 5) is 0.164. The van der Waals surface area contributed by atoms with Crippen LogP contribution in [0.5, 0.6) is 0 Å². The van der Waals surface area contributed by atoms with E-state index in [0.29, 0.717) is 11.5 Å². The van der Waals surface area contributed by atoms with E-state index in [1.807, 2.05) is 12.1 Å². The van der Waals surface area contributed by atoms with Crippen LogP contribution in [0.1, 0.15) is 38.7 Å². The minimum atomic E-state index is -3.59. The normalized spacial score (nSPS) is 22.6. The SMILES string of the molecule is CC1(C)CCCC1NCc1ccc(S(N)(=O)=O)cc1. The standard InChI is InChI=1S/C14H22N2O2S/c1-14(2)9-3-4-13(14)16-10-11-5-7-12(8-6-11)19(15,17)18/h5-8,13,16H,3-4,9-10H2,1-2H3,(H2,15,17,18). The van der Waals surface area contributed by atoms with Gasteiger partial charge in [-0.05, 0) is 36.0 Å². The summed E-state index contributed by atoms with van der Waals surface area (Å²) in [6, 6.07) is 7.28. The van der Waals surface area contributed by atoms with Crippen molar-refractivity contribution in [1.29, 1.82) is 0 Å². The fourth-order valence-corrected chi connectivity index (χ4v) is 3.26. The lowest BCUT2D eigenvalue weighted by atomic mass is 9.87. The number of rotatable bonds is 4. The van der Waals surface area contributed by atoms with E-state index in [2.05, 4.69) is 19.2 Å². The van der Waals surface area contributed by atoms with Gasteiger partial charge in [0.2, 0.25) is 10.0 Å². The van der Waals surface area contributed by atoms with Crippen molar-refractivity contribution in [3.63, 3.8) is 0 Å². The number of benzene rings is 1. The number of nitrogens with two attached hydrogens (primary N) is 1. The predicted molar refractivity (Wildman–Crippen MR) is 76.1 cm³/mol. The van der Waals surface area contributed by atoms with Crippen molar-refractivity contribution in [1.82, 2.24) is 5.32 Å². The number of sulfonamides is 1. The molecular weight excluding hydrogens is 260 g/mol. The molecule has 0 radical (unpaired) electrons. The van der Waals surface area contributed by atoms with E-state index in [0.717, 1.165) is 12.1 Å². The molecule has 0 amide bonds. The van der Waals surface area contributed by atoms with Crippen LogP contribution in [0.3, 0.4) is 0 Å². The first-order valence-corrected chi connectivity index (χ1v) is 8.19. The van der Waals surface area contributed by atoms with Crippen LogP contribution in [0.4, 0.5) is 0 Å². The average Bonchev–Trinajstić information content (AvgIpc) is 2.65. The highest BCUT2D eigenvalue weighted by Crippen LogP contribution is 2.37. The number of nitrogens with one attached hydrogen (secondary N) is 1. The second-order valence-electron chi connectivity index (χ2n) is 6.00. The van der Waals surface area contributed by atoms with Gasteiger partial charge in [-0.3, -0.25) is 0 Å². The third kappa shape index (κ3) is 3.55. The second-order valence-corrected chi connectivity index (χ2v) is 7.56. The molecule has 0 aromatic heterocycles. The Morgan fingerprint density at radius 3 is 2.42 bits per heavy atom. The van der Waals surface area contributed by atoms with Gasteiger partial charge in [0.05, 0.1) is 4.90 Å². The topological polar surface area (TPSA) is 72.2 Å². The molecule has 2 rings (SSSR count). The molecule has 0 bridgehead atoms. The molecule has 1 saturated carbocycles. The molecule has 1 fully saturated rings. The average molecular weight is 282 g/mol. The first-order valence-electron chi connectivity index (χ1n) is 6.64. The number of primary sulfonamides is 1. The minimum absolute atomic E-state index is 0.164. The number of hydrogen-bond acceptors (Lipinski definition) is 3. The van der Waals surface area contributed by atoms with E-state index in [1.54, 1.807) is 12.1 Å². The van der Waals surface area contributed by atoms with E-state index in [9.17, 15) is 8.42 Å². The molecule has 5 heteroatoms. The van der Waals surface area contributed by atoms with Crippen LogP contribution in [0.15, 0.2) is 29.2 Å². The van der Waals surface area contributed by atoms with Gasteiger partial charge >= 0.3 is 0 Å². The molecule has 1 unspecified atom stereocenters. The van der Waals surface area contributed by atoms with Crippen molar-refractivity contribution in [2.45, 2.75) is 50.6 Å². The molecule has 1 aliphatic rings. The lowest BCUT2D eigenvalue weighted by Crippen LogP contribution is -2.37. The summed E-state index contributed by atoms with van der Waals surface area (Å²) >= 11 is 0. The monoisotopic (exact) mass is 282 g/mol. The summed E-state index contributed by atoms with van der Waals surface area (Å²) in [5.74, 6) is 0. The Kier molecular flexibility index (Phi) is 3.99. The fraction of sp³-hybridized carbons (Fsp3) is 0.571. The van der Waals surface area contributed by atoms with Gasteiger partial charge in [0.1, 0.15) is 0 Å². The van der Waals surface area contributed by atoms with E-state index < -0.39 is 10.0 Å². The van der Waals surface area contributed by atoms with E-state index in [-0.39, 0.29) is 4.90 Å². The van der Waals surface area contributed by atoms with Gasteiger partial charge in [-0.2, -0.15) is 0 Å². The van der Waals surface area contributed by atoms with E-state index >= 15 is 0 Å². The summed E-state index contributed by atoms with van der Waals surface area (Å²) in [7, 11) is -3.59. The molecule has 0 aliphatic heterocycles. The minimum Gasteiger partial charge on any atom is -0.309 e. The van der Waals surface area contributed by atoms with Crippen molar-refractivity contribution < 1.29 is 8.42 Å². The highest BCUT2D eigenvalue weighted by molar-refractivity contribution is 7.89. The Morgan fingerprint density at radius 2 is 1.95 bits per heavy atom. The zero-order valence-corrected chi connectivity index (χ0v) is 12.3. The van der Waals surface area contributed by atoms with Crippen molar-refractivity contribution in [2.24, 2.45) is 10.6 Å². The lowest BCUT2D eigenvalue weighted by molar-refractivity contribution is 0.282. The van der Waals surface area contributed by atoms with Gasteiger partial charge in [-0.15, -0.1) is 0 Å². The van der Waals surface area contributed by atoms with Crippen LogP contribution >= 0.6 is 0 Å². The molecule has 19 heavy (non-hydrogen) atoms. The third-order valence-corrected chi connectivity index (χ3v) is 4.99. The lowest BCUT2D eigenvalue weighted by Gasteiger charge is -2.28. The second kappa shape index (κ2) is 5.23. The third-order valence-electron chi connectivity index (χ3n) is 4.06. The fourth-order valence-electron chi connectivity index (χ4n) is 2.74. The van der Waals surface area contributed by atoms with Crippen LogP contribution in [0.25, 0.3) is 0 Å². The first kappa shape index (κ1) is 14.5. The van der Waals surface area contributed by atoms with Crippen LogP contribution in [-0.4, -0.2) is 14.5 Å².